The number of thiophene rings is 1. The molecule has 2 rings (SSSR count). The summed E-state index contributed by atoms with van der Waals surface area (Å²) in [6, 6.07) is 4.05. The van der Waals surface area contributed by atoms with Gasteiger partial charge in [-0.1, -0.05) is 31.4 Å². The molecule has 108 valence electrons. The highest BCUT2D eigenvalue weighted by atomic mass is 35.5. The predicted octanol–water partition coefficient (Wildman–Crippen LogP) is 4.02. The first kappa shape index (κ1) is 15.3. The van der Waals surface area contributed by atoms with Crippen molar-refractivity contribution in [2.75, 3.05) is 20.2 Å². The van der Waals surface area contributed by atoms with E-state index in [1.54, 1.807) is 11.3 Å². The molecule has 1 aliphatic carbocycles. The van der Waals surface area contributed by atoms with Crippen LogP contribution >= 0.6 is 22.9 Å². The molecule has 1 fully saturated rings. The van der Waals surface area contributed by atoms with Gasteiger partial charge in [0.15, 0.2) is 0 Å². The fourth-order valence-corrected chi connectivity index (χ4v) is 4.61. The lowest BCUT2D eigenvalue weighted by molar-refractivity contribution is 0.0292. The van der Waals surface area contributed by atoms with Gasteiger partial charge < -0.3 is 10.0 Å². The minimum absolute atomic E-state index is 0.105. The van der Waals surface area contributed by atoms with Crippen LogP contribution in [0.4, 0.5) is 0 Å². The highest BCUT2D eigenvalue weighted by molar-refractivity contribution is 7.16. The Morgan fingerprint density at radius 1 is 1.53 bits per heavy atom. The van der Waals surface area contributed by atoms with Crippen LogP contribution in [0.25, 0.3) is 0 Å². The van der Waals surface area contributed by atoms with Gasteiger partial charge >= 0.3 is 0 Å². The Balaban J connectivity index is 1.93. The van der Waals surface area contributed by atoms with Crippen molar-refractivity contribution < 1.29 is 5.11 Å². The average molecular weight is 302 g/mol. The normalized spacial score (nSPS) is 27.9. The molecule has 2 nitrogen and oxygen atoms in total. The molecule has 19 heavy (non-hydrogen) atoms. The molecule has 0 spiro atoms. The molecule has 1 saturated carbocycles. The Labute approximate surface area is 125 Å². The van der Waals surface area contributed by atoms with Crippen LogP contribution in [-0.2, 0) is 6.54 Å². The number of halogens is 1. The van der Waals surface area contributed by atoms with Crippen molar-refractivity contribution in [3.63, 3.8) is 0 Å². The standard InChI is InChI=1S/C15H24ClNOS/c1-12-4-3-7-15(8-12,11-18)10-17(2)9-13-5-6-14(16)19-13/h5-6,12,18H,3-4,7-11H2,1-2H3. The largest absolute Gasteiger partial charge is 0.396 e. The molecular weight excluding hydrogens is 278 g/mol. The Hall–Kier alpha value is -0.0900. The third-order valence-corrected chi connectivity index (χ3v) is 5.40. The smallest absolute Gasteiger partial charge is 0.0931 e. The minimum atomic E-state index is 0.105. The van der Waals surface area contributed by atoms with Crippen LogP contribution in [-0.4, -0.2) is 30.2 Å². The molecule has 1 aromatic rings. The third-order valence-electron chi connectivity index (χ3n) is 4.18. The van der Waals surface area contributed by atoms with E-state index in [9.17, 15) is 5.11 Å². The van der Waals surface area contributed by atoms with Crippen molar-refractivity contribution in [1.29, 1.82) is 0 Å². The van der Waals surface area contributed by atoms with E-state index in [1.807, 2.05) is 6.07 Å². The van der Waals surface area contributed by atoms with Crippen LogP contribution < -0.4 is 0 Å². The van der Waals surface area contributed by atoms with Crippen LogP contribution in [0.5, 0.6) is 0 Å². The summed E-state index contributed by atoms with van der Waals surface area (Å²) in [4.78, 5) is 3.63. The highest BCUT2D eigenvalue weighted by Crippen LogP contribution is 2.39. The van der Waals surface area contributed by atoms with E-state index in [0.717, 1.165) is 36.2 Å². The first-order valence-corrected chi connectivity index (χ1v) is 8.26. The van der Waals surface area contributed by atoms with Crippen LogP contribution in [0.2, 0.25) is 4.34 Å². The summed E-state index contributed by atoms with van der Waals surface area (Å²) in [5, 5.41) is 9.83. The minimum Gasteiger partial charge on any atom is -0.396 e. The molecule has 1 aromatic heterocycles. The van der Waals surface area contributed by atoms with Crippen LogP contribution in [0.1, 0.15) is 37.5 Å². The van der Waals surface area contributed by atoms with E-state index in [1.165, 1.54) is 17.7 Å². The van der Waals surface area contributed by atoms with Gasteiger partial charge in [0.2, 0.25) is 0 Å². The monoisotopic (exact) mass is 301 g/mol. The zero-order valence-corrected chi connectivity index (χ0v) is 13.4. The maximum atomic E-state index is 9.83. The van der Waals surface area contributed by atoms with Crippen molar-refractivity contribution in [2.24, 2.45) is 11.3 Å². The van der Waals surface area contributed by atoms with Crippen molar-refractivity contribution in [3.05, 3.63) is 21.3 Å². The summed E-state index contributed by atoms with van der Waals surface area (Å²) >= 11 is 7.62. The second-order valence-electron chi connectivity index (χ2n) is 6.24. The molecule has 0 amide bonds. The highest BCUT2D eigenvalue weighted by Gasteiger charge is 2.35. The molecule has 2 atom stereocenters. The molecule has 4 heteroatoms. The van der Waals surface area contributed by atoms with E-state index in [0.29, 0.717) is 6.61 Å². The van der Waals surface area contributed by atoms with Crippen LogP contribution in [0.15, 0.2) is 12.1 Å². The number of hydrogen-bond donors (Lipinski definition) is 1. The molecular formula is C15H24ClNOS. The molecule has 0 aliphatic heterocycles. The fourth-order valence-electron chi connectivity index (χ4n) is 3.44. The Morgan fingerprint density at radius 2 is 2.32 bits per heavy atom. The van der Waals surface area contributed by atoms with E-state index in [2.05, 4.69) is 24.9 Å². The quantitative estimate of drug-likeness (QED) is 0.888. The number of rotatable bonds is 5. The Kier molecular flexibility index (Phi) is 5.29. The van der Waals surface area contributed by atoms with Gasteiger partial charge in [-0.3, -0.25) is 0 Å². The number of aliphatic hydroxyl groups is 1. The maximum absolute atomic E-state index is 9.83. The Bertz CT molecular complexity index is 409. The van der Waals surface area contributed by atoms with Gasteiger partial charge in [-0.25, -0.2) is 0 Å². The SMILES string of the molecule is CC1CCCC(CO)(CN(C)Cc2ccc(Cl)s2)C1. The number of hydrogen-bond acceptors (Lipinski definition) is 3. The molecule has 1 N–H and O–H groups in total. The van der Waals surface area contributed by atoms with Crippen molar-refractivity contribution >= 4 is 22.9 Å². The second kappa shape index (κ2) is 6.57. The average Bonchev–Trinajstić information content (AvgIpc) is 2.74. The van der Waals surface area contributed by atoms with Gasteiger partial charge in [-0.15, -0.1) is 11.3 Å². The first-order chi connectivity index (χ1) is 9.03. The van der Waals surface area contributed by atoms with Gasteiger partial charge in [0, 0.05) is 30.0 Å². The zero-order valence-electron chi connectivity index (χ0n) is 11.9. The summed E-state index contributed by atoms with van der Waals surface area (Å²) in [6.07, 6.45) is 4.87. The van der Waals surface area contributed by atoms with Crippen LogP contribution in [0.3, 0.4) is 0 Å². The van der Waals surface area contributed by atoms with E-state index in [4.69, 9.17) is 11.6 Å². The lowest BCUT2D eigenvalue weighted by atomic mass is 9.70. The van der Waals surface area contributed by atoms with E-state index in [-0.39, 0.29) is 5.41 Å². The molecule has 2 unspecified atom stereocenters. The lowest BCUT2D eigenvalue weighted by Gasteiger charge is -2.41. The molecule has 1 heterocycles. The maximum Gasteiger partial charge on any atom is 0.0931 e. The van der Waals surface area contributed by atoms with Gasteiger partial charge in [-0.2, -0.15) is 0 Å². The van der Waals surface area contributed by atoms with Crippen LogP contribution in [0, 0.1) is 11.3 Å². The molecule has 0 bridgehead atoms. The lowest BCUT2D eigenvalue weighted by Crippen LogP contribution is -2.41. The van der Waals surface area contributed by atoms with Crippen molar-refractivity contribution in [1.82, 2.24) is 4.90 Å². The summed E-state index contributed by atoms with van der Waals surface area (Å²) in [7, 11) is 2.14. The first-order valence-electron chi connectivity index (χ1n) is 7.07. The van der Waals surface area contributed by atoms with Crippen molar-refractivity contribution in [2.45, 2.75) is 39.2 Å². The molecule has 0 aromatic carbocycles. The van der Waals surface area contributed by atoms with Crippen molar-refractivity contribution in [3.8, 4) is 0 Å². The summed E-state index contributed by atoms with van der Waals surface area (Å²) < 4.78 is 0.853. The summed E-state index contributed by atoms with van der Waals surface area (Å²) in [6.45, 7) is 4.52. The van der Waals surface area contributed by atoms with Gasteiger partial charge in [0.05, 0.1) is 4.34 Å². The zero-order chi connectivity index (χ0) is 13.9. The number of nitrogens with zero attached hydrogens (tertiary/aromatic N) is 1. The van der Waals surface area contributed by atoms with E-state index < -0.39 is 0 Å². The second-order valence-corrected chi connectivity index (χ2v) is 8.04. The van der Waals surface area contributed by atoms with Gasteiger partial charge in [0.25, 0.3) is 0 Å². The predicted molar refractivity (Wildman–Crippen MR) is 82.8 cm³/mol. The topological polar surface area (TPSA) is 23.5 Å². The van der Waals surface area contributed by atoms with Gasteiger partial charge in [-0.05, 0) is 37.9 Å². The fraction of sp³-hybridized carbons (Fsp3) is 0.733. The number of aliphatic hydroxyl groups excluding tert-OH is 1. The third kappa shape index (κ3) is 4.19. The molecule has 1 aliphatic rings. The summed E-state index contributed by atoms with van der Waals surface area (Å²) in [5.41, 5.74) is 0.105. The summed E-state index contributed by atoms with van der Waals surface area (Å²) in [5.74, 6) is 0.741. The Morgan fingerprint density at radius 3 is 2.89 bits per heavy atom. The molecule has 0 radical (unpaired) electrons. The van der Waals surface area contributed by atoms with Gasteiger partial charge in [0.1, 0.15) is 0 Å². The van der Waals surface area contributed by atoms with E-state index >= 15 is 0 Å². The molecule has 0 saturated heterocycles.